The maximum atomic E-state index is 12.7. The van der Waals surface area contributed by atoms with Crippen molar-refractivity contribution in [3.8, 4) is 0 Å². The predicted octanol–water partition coefficient (Wildman–Crippen LogP) is 3.60. The molecule has 1 aromatic carbocycles. The van der Waals surface area contributed by atoms with Crippen molar-refractivity contribution in [2.45, 2.75) is 52.1 Å². The minimum Gasteiger partial charge on any atom is -0.336 e. The van der Waals surface area contributed by atoms with Crippen LogP contribution >= 0.6 is 11.6 Å². The first-order valence-corrected chi connectivity index (χ1v) is 8.07. The molecule has 3 nitrogen and oxygen atoms in total. The van der Waals surface area contributed by atoms with Crippen LogP contribution in [-0.2, 0) is 11.3 Å². The third-order valence-corrected chi connectivity index (χ3v) is 4.79. The maximum Gasteiger partial charge on any atom is 0.223 e. The van der Waals surface area contributed by atoms with Gasteiger partial charge in [-0.05, 0) is 56.3 Å². The van der Waals surface area contributed by atoms with Gasteiger partial charge in [-0.1, -0.05) is 30.2 Å². The van der Waals surface area contributed by atoms with Gasteiger partial charge in [0.05, 0.1) is 0 Å². The molecule has 116 valence electrons. The van der Waals surface area contributed by atoms with Gasteiger partial charge < -0.3 is 10.6 Å². The second-order valence-corrected chi connectivity index (χ2v) is 6.92. The average molecular weight is 309 g/mol. The number of carbonyl (C=O) groups excluding carboxylic acids is 1. The summed E-state index contributed by atoms with van der Waals surface area (Å²) in [5, 5.41) is 0.709. The Balaban J connectivity index is 2.06. The molecular formula is C17H25ClN2O. The fraction of sp³-hybridized carbons (Fsp3) is 0.588. The first-order valence-electron chi connectivity index (χ1n) is 7.70. The van der Waals surface area contributed by atoms with Gasteiger partial charge in [0, 0.05) is 24.0 Å². The second-order valence-electron chi connectivity index (χ2n) is 6.48. The number of amides is 1. The molecule has 0 aromatic heterocycles. The minimum atomic E-state index is 0.0541. The summed E-state index contributed by atoms with van der Waals surface area (Å²) < 4.78 is 0. The molecule has 1 aliphatic rings. The van der Waals surface area contributed by atoms with E-state index in [2.05, 4.69) is 13.8 Å². The zero-order valence-electron chi connectivity index (χ0n) is 12.9. The summed E-state index contributed by atoms with van der Waals surface area (Å²) in [7, 11) is 0. The van der Waals surface area contributed by atoms with Crippen molar-refractivity contribution >= 4 is 17.5 Å². The number of carbonyl (C=O) groups is 1. The molecule has 0 radical (unpaired) electrons. The predicted molar refractivity (Wildman–Crippen MR) is 87.1 cm³/mol. The van der Waals surface area contributed by atoms with Crippen molar-refractivity contribution < 1.29 is 4.79 Å². The van der Waals surface area contributed by atoms with Gasteiger partial charge in [0.25, 0.3) is 0 Å². The third-order valence-electron chi connectivity index (χ3n) is 4.56. The number of halogens is 1. The minimum absolute atomic E-state index is 0.0541. The van der Waals surface area contributed by atoms with E-state index in [-0.39, 0.29) is 17.4 Å². The molecule has 0 spiro atoms. The van der Waals surface area contributed by atoms with Crippen molar-refractivity contribution in [2.24, 2.45) is 11.1 Å². The molecule has 0 heterocycles. The Morgan fingerprint density at radius 1 is 1.43 bits per heavy atom. The highest BCUT2D eigenvalue weighted by molar-refractivity contribution is 6.30. The molecule has 0 unspecified atom stereocenters. The number of benzene rings is 1. The van der Waals surface area contributed by atoms with Gasteiger partial charge in [-0.15, -0.1) is 0 Å². The van der Waals surface area contributed by atoms with Gasteiger partial charge in [0.1, 0.15) is 0 Å². The molecule has 1 aromatic rings. The molecule has 2 N–H and O–H groups in total. The van der Waals surface area contributed by atoms with Gasteiger partial charge >= 0.3 is 0 Å². The van der Waals surface area contributed by atoms with E-state index >= 15 is 0 Å². The van der Waals surface area contributed by atoms with Crippen molar-refractivity contribution in [1.82, 2.24) is 4.90 Å². The van der Waals surface area contributed by atoms with Gasteiger partial charge in [0.15, 0.2) is 0 Å². The summed E-state index contributed by atoms with van der Waals surface area (Å²) in [6.07, 6.45) is 3.93. The van der Waals surface area contributed by atoms with Crippen LogP contribution in [0.1, 0.15) is 45.1 Å². The lowest BCUT2D eigenvalue weighted by molar-refractivity contribution is -0.137. The van der Waals surface area contributed by atoms with E-state index in [0.29, 0.717) is 24.5 Å². The molecule has 0 saturated heterocycles. The molecule has 4 heteroatoms. The van der Waals surface area contributed by atoms with Crippen LogP contribution in [0.15, 0.2) is 24.3 Å². The van der Waals surface area contributed by atoms with E-state index in [1.54, 1.807) is 0 Å². The van der Waals surface area contributed by atoms with Crippen LogP contribution in [0.5, 0.6) is 0 Å². The highest BCUT2D eigenvalue weighted by Crippen LogP contribution is 2.43. The van der Waals surface area contributed by atoms with E-state index in [9.17, 15) is 4.79 Å². The zero-order chi connectivity index (χ0) is 15.5. The highest BCUT2D eigenvalue weighted by atomic mass is 35.5. The van der Waals surface area contributed by atoms with E-state index in [0.717, 1.165) is 18.4 Å². The van der Waals surface area contributed by atoms with Crippen molar-refractivity contribution in [2.75, 3.05) is 6.54 Å². The smallest absolute Gasteiger partial charge is 0.223 e. The summed E-state index contributed by atoms with van der Waals surface area (Å²) in [4.78, 5) is 14.6. The lowest BCUT2D eigenvalue weighted by Gasteiger charge is -2.42. The van der Waals surface area contributed by atoms with E-state index in [4.69, 9.17) is 17.3 Å². The van der Waals surface area contributed by atoms with Gasteiger partial charge in [-0.2, -0.15) is 0 Å². The summed E-state index contributed by atoms with van der Waals surface area (Å²) in [5.74, 6) is 0.204. The van der Waals surface area contributed by atoms with Gasteiger partial charge in [0.2, 0.25) is 5.91 Å². The van der Waals surface area contributed by atoms with Crippen LogP contribution in [-0.4, -0.2) is 23.4 Å². The largest absolute Gasteiger partial charge is 0.336 e. The zero-order valence-corrected chi connectivity index (χ0v) is 13.7. The molecule has 1 saturated carbocycles. The quantitative estimate of drug-likeness (QED) is 0.873. The Labute approximate surface area is 132 Å². The number of hydrogen-bond acceptors (Lipinski definition) is 2. The molecule has 0 aliphatic heterocycles. The van der Waals surface area contributed by atoms with Crippen LogP contribution in [0.25, 0.3) is 0 Å². The molecule has 1 amide bonds. The normalized spacial score (nSPS) is 16.6. The Bertz CT molecular complexity index is 492. The van der Waals surface area contributed by atoms with E-state index in [1.807, 2.05) is 29.2 Å². The highest BCUT2D eigenvalue weighted by Gasteiger charge is 2.38. The molecule has 2 rings (SSSR count). The fourth-order valence-corrected chi connectivity index (χ4v) is 3.16. The standard InChI is InChI=1S/C17H25ClN2O/c1-13(2)20(11-14-5-3-6-15(18)9-14)16(21)10-17(12-19)7-4-8-17/h3,5-6,9,13H,4,7-8,10-12,19H2,1-2H3. The Morgan fingerprint density at radius 2 is 2.14 bits per heavy atom. The second kappa shape index (κ2) is 6.80. The summed E-state index contributed by atoms with van der Waals surface area (Å²) in [6, 6.07) is 7.88. The van der Waals surface area contributed by atoms with Crippen LogP contribution in [0.4, 0.5) is 0 Å². The Hall–Kier alpha value is -1.06. The molecule has 1 aliphatic carbocycles. The molecule has 21 heavy (non-hydrogen) atoms. The lowest BCUT2D eigenvalue weighted by Crippen LogP contribution is -2.45. The first-order chi connectivity index (χ1) is 9.96. The number of nitrogens with two attached hydrogens (primary N) is 1. The number of hydrogen-bond donors (Lipinski definition) is 1. The number of rotatable bonds is 6. The third kappa shape index (κ3) is 3.98. The van der Waals surface area contributed by atoms with Crippen molar-refractivity contribution in [3.05, 3.63) is 34.9 Å². The van der Waals surface area contributed by atoms with Gasteiger partial charge in [-0.3, -0.25) is 4.79 Å². The molecule has 0 atom stereocenters. The Morgan fingerprint density at radius 3 is 2.62 bits per heavy atom. The molecular weight excluding hydrogens is 284 g/mol. The number of nitrogens with zero attached hydrogens (tertiary/aromatic N) is 1. The monoisotopic (exact) mass is 308 g/mol. The Kier molecular flexibility index (Phi) is 5.28. The van der Waals surface area contributed by atoms with Crippen LogP contribution in [0.2, 0.25) is 5.02 Å². The maximum absolute atomic E-state index is 12.7. The first kappa shape index (κ1) is 16.3. The SMILES string of the molecule is CC(C)N(Cc1cccc(Cl)c1)C(=O)CC1(CN)CCC1. The van der Waals surface area contributed by atoms with E-state index < -0.39 is 0 Å². The summed E-state index contributed by atoms with van der Waals surface area (Å²) in [6.45, 7) is 5.33. The van der Waals surface area contributed by atoms with E-state index in [1.165, 1.54) is 6.42 Å². The van der Waals surface area contributed by atoms with Crippen molar-refractivity contribution in [1.29, 1.82) is 0 Å². The van der Waals surface area contributed by atoms with Crippen LogP contribution < -0.4 is 5.73 Å². The average Bonchev–Trinajstić information content (AvgIpc) is 2.39. The summed E-state index contributed by atoms with van der Waals surface area (Å²) >= 11 is 6.03. The fourth-order valence-electron chi connectivity index (χ4n) is 2.94. The van der Waals surface area contributed by atoms with Crippen LogP contribution in [0, 0.1) is 5.41 Å². The van der Waals surface area contributed by atoms with Crippen molar-refractivity contribution in [3.63, 3.8) is 0 Å². The molecule has 0 bridgehead atoms. The summed E-state index contributed by atoms with van der Waals surface area (Å²) in [5.41, 5.74) is 7.00. The lowest BCUT2D eigenvalue weighted by atomic mass is 9.66. The topological polar surface area (TPSA) is 46.3 Å². The molecule has 1 fully saturated rings. The van der Waals surface area contributed by atoms with Crippen LogP contribution in [0.3, 0.4) is 0 Å². The van der Waals surface area contributed by atoms with Gasteiger partial charge in [-0.25, -0.2) is 0 Å².